The molecule has 0 aromatic rings. The standard InChI is InChI=1S/C4H10O2.CH3O3P/c5-3-1-2-4-6;1-4-5(2)3/h5-6H,1-4H2;1H3/p+1. The third-order valence-corrected chi connectivity index (χ3v) is 1.03. The maximum Gasteiger partial charge on any atom is 0.694 e. The zero-order valence-electron chi connectivity index (χ0n) is 6.43. The van der Waals surface area contributed by atoms with E-state index >= 15 is 0 Å². The van der Waals surface area contributed by atoms with Crippen molar-refractivity contribution >= 4 is 8.25 Å². The summed E-state index contributed by atoms with van der Waals surface area (Å²) in [6.07, 6.45) is 1.44. The highest BCUT2D eigenvalue weighted by molar-refractivity contribution is 7.32. The molecule has 6 heteroatoms. The molecule has 0 aromatic heterocycles. The van der Waals surface area contributed by atoms with Gasteiger partial charge in [0.15, 0.2) is 0 Å². The van der Waals surface area contributed by atoms with Gasteiger partial charge in [-0.2, -0.15) is 0 Å². The first-order chi connectivity index (χ1) is 5.18. The summed E-state index contributed by atoms with van der Waals surface area (Å²) < 4.78 is 13.1. The highest BCUT2D eigenvalue weighted by atomic mass is 31.1. The third-order valence-electron chi connectivity index (χ3n) is 0.722. The lowest BCUT2D eigenvalue weighted by atomic mass is 10.3. The van der Waals surface area contributed by atoms with E-state index in [1.165, 1.54) is 7.11 Å². The van der Waals surface area contributed by atoms with Gasteiger partial charge in [0.05, 0.1) is 7.11 Å². The molecule has 0 heterocycles. The summed E-state index contributed by atoms with van der Waals surface area (Å²) in [4.78, 5) is 7.65. The molecule has 0 radical (unpaired) electrons. The van der Waals surface area contributed by atoms with Crippen LogP contribution in [0.15, 0.2) is 0 Å². The van der Waals surface area contributed by atoms with Crippen molar-refractivity contribution in [3.63, 3.8) is 0 Å². The first-order valence-corrected chi connectivity index (χ1v) is 4.24. The molecule has 0 aliphatic heterocycles. The molecule has 1 unspecified atom stereocenters. The first kappa shape index (κ1) is 13.5. The Kier molecular flexibility index (Phi) is 15.5. The smallest absolute Gasteiger partial charge is 0.396 e. The van der Waals surface area contributed by atoms with Gasteiger partial charge in [0.1, 0.15) is 0 Å². The van der Waals surface area contributed by atoms with E-state index in [4.69, 9.17) is 15.1 Å². The molecule has 0 aliphatic carbocycles. The second kappa shape index (κ2) is 12.6. The number of hydrogen-bond donors (Lipinski definition) is 3. The maximum atomic E-state index is 9.29. The molecule has 0 saturated carbocycles. The molecule has 0 fully saturated rings. The largest absolute Gasteiger partial charge is 0.694 e. The molecule has 11 heavy (non-hydrogen) atoms. The summed E-state index contributed by atoms with van der Waals surface area (Å²) in [6.45, 7) is 0.390. The van der Waals surface area contributed by atoms with Gasteiger partial charge in [0.25, 0.3) is 0 Å². The van der Waals surface area contributed by atoms with E-state index in [0.717, 1.165) is 12.8 Å². The topological polar surface area (TPSA) is 87.0 Å². The van der Waals surface area contributed by atoms with E-state index in [2.05, 4.69) is 4.52 Å². The van der Waals surface area contributed by atoms with Gasteiger partial charge < -0.3 is 10.2 Å². The highest BCUT2D eigenvalue weighted by Gasteiger charge is 2.02. The Bertz CT molecular complexity index is 82.9. The molecule has 0 rings (SSSR count). The third kappa shape index (κ3) is 25.7. The zero-order valence-corrected chi connectivity index (χ0v) is 7.33. The van der Waals surface area contributed by atoms with Gasteiger partial charge in [-0.1, -0.05) is 0 Å². The fraction of sp³-hybridized carbons (Fsp3) is 1.00. The first-order valence-electron chi connectivity index (χ1n) is 3.11. The molecule has 0 bridgehead atoms. The second-order valence-electron chi connectivity index (χ2n) is 1.57. The van der Waals surface area contributed by atoms with Crippen molar-refractivity contribution in [2.75, 3.05) is 20.3 Å². The van der Waals surface area contributed by atoms with E-state index in [9.17, 15) is 4.57 Å². The van der Waals surface area contributed by atoms with Crippen LogP contribution >= 0.6 is 8.25 Å². The minimum absolute atomic E-state index is 0.195. The van der Waals surface area contributed by atoms with E-state index in [-0.39, 0.29) is 13.2 Å². The van der Waals surface area contributed by atoms with Gasteiger partial charge in [-0.05, 0) is 12.8 Å². The van der Waals surface area contributed by atoms with Crippen molar-refractivity contribution in [2.45, 2.75) is 12.8 Å². The van der Waals surface area contributed by atoms with Crippen LogP contribution in [-0.4, -0.2) is 35.4 Å². The lowest BCUT2D eigenvalue weighted by Gasteiger charge is -1.85. The van der Waals surface area contributed by atoms with Crippen molar-refractivity contribution in [3.8, 4) is 0 Å². The second-order valence-corrected chi connectivity index (χ2v) is 2.42. The number of hydrogen-bond acceptors (Lipinski definition) is 4. The van der Waals surface area contributed by atoms with Crippen LogP contribution in [0, 0.1) is 0 Å². The van der Waals surface area contributed by atoms with E-state index in [0.29, 0.717) is 0 Å². The van der Waals surface area contributed by atoms with Gasteiger partial charge in [0.2, 0.25) is 0 Å². The van der Waals surface area contributed by atoms with Crippen molar-refractivity contribution in [3.05, 3.63) is 0 Å². The van der Waals surface area contributed by atoms with Gasteiger partial charge in [-0.25, -0.2) is 0 Å². The van der Waals surface area contributed by atoms with Crippen LogP contribution in [0.1, 0.15) is 12.8 Å². The van der Waals surface area contributed by atoms with Crippen LogP contribution in [0.2, 0.25) is 0 Å². The predicted octanol–water partition coefficient (Wildman–Crippen LogP) is 0.0337. The predicted molar refractivity (Wildman–Crippen MR) is 40.2 cm³/mol. The van der Waals surface area contributed by atoms with E-state index in [1.54, 1.807) is 0 Å². The molecule has 1 atom stereocenters. The monoisotopic (exact) mass is 185 g/mol. The summed E-state index contributed by atoms with van der Waals surface area (Å²) >= 11 is 0. The molecule has 5 nitrogen and oxygen atoms in total. The minimum Gasteiger partial charge on any atom is -0.396 e. The van der Waals surface area contributed by atoms with Crippen molar-refractivity contribution in [1.82, 2.24) is 0 Å². The van der Waals surface area contributed by atoms with Gasteiger partial charge >= 0.3 is 8.25 Å². The molecule has 0 spiro atoms. The van der Waals surface area contributed by atoms with Crippen LogP contribution < -0.4 is 0 Å². The molecule has 68 valence electrons. The van der Waals surface area contributed by atoms with Crippen molar-refractivity contribution in [1.29, 1.82) is 0 Å². The lowest BCUT2D eigenvalue weighted by molar-refractivity contribution is 0.242. The molecule has 0 amide bonds. The quantitative estimate of drug-likeness (QED) is 0.425. The zero-order chi connectivity index (χ0) is 9.11. The summed E-state index contributed by atoms with van der Waals surface area (Å²) in [6, 6.07) is 0. The Balaban J connectivity index is 0. The van der Waals surface area contributed by atoms with E-state index < -0.39 is 8.25 Å². The van der Waals surface area contributed by atoms with Crippen molar-refractivity contribution in [2.24, 2.45) is 0 Å². The Labute approximate surface area is 66.6 Å². The summed E-state index contributed by atoms with van der Waals surface area (Å²) in [5, 5.41) is 16.2. The number of aliphatic hydroxyl groups is 2. The van der Waals surface area contributed by atoms with Gasteiger partial charge in [-0.3, -0.25) is 0 Å². The summed E-state index contributed by atoms with van der Waals surface area (Å²) in [5.41, 5.74) is 0. The minimum atomic E-state index is -2.35. The molecule has 0 aromatic carbocycles. The number of aliphatic hydroxyl groups excluding tert-OH is 2. The van der Waals surface area contributed by atoms with Crippen LogP contribution in [0.25, 0.3) is 0 Å². The Morgan fingerprint density at radius 2 is 1.55 bits per heavy atom. The van der Waals surface area contributed by atoms with Gasteiger partial charge in [0, 0.05) is 17.8 Å². The normalized spacial score (nSPS) is 10.0. The molecule has 0 saturated heterocycles. The summed E-state index contributed by atoms with van der Waals surface area (Å²) in [7, 11) is -1.18. The van der Waals surface area contributed by atoms with Crippen LogP contribution in [0.5, 0.6) is 0 Å². The highest BCUT2D eigenvalue weighted by Crippen LogP contribution is 2.09. The lowest BCUT2D eigenvalue weighted by Crippen LogP contribution is -1.85. The SMILES string of the molecule is CO[P+](=O)O.OCCCCO. The van der Waals surface area contributed by atoms with Crippen molar-refractivity contribution < 1.29 is 24.2 Å². The molecular weight excluding hydrogens is 171 g/mol. The van der Waals surface area contributed by atoms with Crippen LogP contribution in [0.3, 0.4) is 0 Å². The average Bonchev–Trinajstić information content (AvgIpc) is 2.02. The van der Waals surface area contributed by atoms with Crippen LogP contribution in [-0.2, 0) is 9.09 Å². The molecule has 3 N–H and O–H groups in total. The average molecular weight is 185 g/mol. The fourth-order valence-electron chi connectivity index (χ4n) is 0.224. The summed E-state index contributed by atoms with van der Waals surface area (Å²) in [5.74, 6) is 0. The number of unbranched alkanes of at least 4 members (excludes halogenated alkanes) is 1. The molecular formula is C5H14O5P+. The Morgan fingerprint density at radius 3 is 1.64 bits per heavy atom. The van der Waals surface area contributed by atoms with Gasteiger partial charge in [-0.15, -0.1) is 9.42 Å². The molecule has 0 aliphatic rings. The maximum absolute atomic E-state index is 9.29. The number of rotatable bonds is 4. The Morgan fingerprint density at radius 1 is 1.27 bits per heavy atom. The van der Waals surface area contributed by atoms with Crippen LogP contribution in [0.4, 0.5) is 0 Å². The fourth-order valence-corrected chi connectivity index (χ4v) is 0.224. The Hall–Kier alpha value is -0.0600. The van der Waals surface area contributed by atoms with E-state index in [1.807, 2.05) is 0 Å².